The maximum atomic E-state index is 11.9. The molecule has 0 spiro atoms. The summed E-state index contributed by atoms with van der Waals surface area (Å²) in [5.41, 5.74) is 5.63. The molecule has 0 aliphatic rings. The molecule has 4 nitrogen and oxygen atoms in total. The van der Waals surface area contributed by atoms with Crippen LogP contribution < -0.4 is 10.5 Å². The molecular weight excluding hydrogens is 251 g/mol. The summed E-state index contributed by atoms with van der Waals surface area (Å²) in [6, 6.07) is 3.96. The van der Waals surface area contributed by atoms with Gasteiger partial charge in [0.25, 0.3) is 0 Å². The molecule has 0 heterocycles. The van der Waals surface area contributed by atoms with Crippen LogP contribution in [0.4, 0.5) is 18.9 Å². The Morgan fingerprint density at radius 1 is 1.33 bits per heavy atom. The molecule has 0 bridgehead atoms. The van der Waals surface area contributed by atoms with E-state index in [9.17, 15) is 18.0 Å². The van der Waals surface area contributed by atoms with Crippen LogP contribution >= 0.6 is 0 Å². The van der Waals surface area contributed by atoms with Gasteiger partial charge in [-0.05, 0) is 19.1 Å². The van der Waals surface area contributed by atoms with Crippen molar-refractivity contribution in [2.24, 2.45) is 0 Å². The van der Waals surface area contributed by atoms with E-state index in [4.69, 9.17) is 10.5 Å². The first kappa shape index (κ1) is 14.1. The fraction of sp³-hybridized carbons (Fsp3) is 0.364. The number of nitrogen functional groups attached to an aromatic ring is 1. The van der Waals surface area contributed by atoms with Crippen molar-refractivity contribution in [3.8, 4) is 5.75 Å². The highest BCUT2D eigenvalue weighted by molar-refractivity contribution is 5.91. The number of ether oxygens (including phenoxy) is 2. The van der Waals surface area contributed by atoms with Gasteiger partial charge in [-0.3, -0.25) is 0 Å². The number of carbonyl (C=O) groups is 1. The predicted molar refractivity (Wildman–Crippen MR) is 58.4 cm³/mol. The summed E-state index contributed by atoms with van der Waals surface area (Å²) in [5.74, 6) is -0.794. The zero-order valence-corrected chi connectivity index (χ0v) is 9.58. The summed E-state index contributed by atoms with van der Waals surface area (Å²) in [6.07, 6.45) is -4.56. The van der Waals surface area contributed by atoms with Crippen molar-refractivity contribution in [3.63, 3.8) is 0 Å². The van der Waals surface area contributed by atoms with Crippen molar-refractivity contribution in [1.29, 1.82) is 0 Å². The van der Waals surface area contributed by atoms with Crippen LogP contribution in [-0.4, -0.2) is 25.4 Å². The summed E-state index contributed by atoms with van der Waals surface area (Å²) in [7, 11) is 0. The van der Waals surface area contributed by atoms with E-state index in [2.05, 4.69) is 4.74 Å². The molecular formula is C11H12F3NO3. The molecule has 0 saturated carbocycles. The third-order valence-electron chi connectivity index (χ3n) is 1.84. The van der Waals surface area contributed by atoms with E-state index >= 15 is 0 Å². The van der Waals surface area contributed by atoms with Crippen molar-refractivity contribution >= 4 is 11.7 Å². The summed E-state index contributed by atoms with van der Waals surface area (Å²) < 4.78 is 44.9. The SMILES string of the molecule is CCOc1cc(N)cc(C(=O)OCC(F)(F)F)c1. The number of anilines is 1. The van der Waals surface area contributed by atoms with E-state index in [-0.39, 0.29) is 11.3 Å². The average Bonchev–Trinajstić information content (AvgIpc) is 2.24. The zero-order chi connectivity index (χ0) is 13.8. The lowest BCUT2D eigenvalue weighted by atomic mass is 10.2. The van der Waals surface area contributed by atoms with Gasteiger partial charge in [0.2, 0.25) is 0 Å². The zero-order valence-electron chi connectivity index (χ0n) is 9.58. The van der Waals surface area contributed by atoms with Gasteiger partial charge in [0.05, 0.1) is 12.2 Å². The first-order valence-electron chi connectivity index (χ1n) is 5.09. The minimum absolute atomic E-state index is 0.0808. The van der Waals surface area contributed by atoms with Crippen LogP contribution in [0.25, 0.3) is 0 Å². The highest BCUT2D eigenvalue weighted by Crippen LogP contribution is 2.21. The molecule has 1 aromatic carbocycles. The highest BCUT2D eigenvalue weighted by atomic mass is 19.4. The Morgan fingerprint density at radius 3 is 2.56 bits per heavy atom. The normalized spacial score (nSPS) is 11.1. The van der Waals surface area contributed by atoms with Crippen LogP contribution in [0.2, 0.25) is 0 Å². The van der Waals surface area contributed by atoms with Gasteiger partial charge in [-0.15, -0.1) is 0 Å². The molecule has 1 rings (SSSR count). The molecule has 0 saturated heterocycles. The Hall–Kier alpha value is -1.92. The molecule has 7 heteroatoms. The van der Waals surface area contributed by atoms with Crippen LogP contribution in [0.3, 0.4) is 0 Å². The lowest BCUT2D eigenvalue weighted by molar-refractivity contribution is -0.161. The third-order valence-corrected chi connectivity index (χ3v) is 1.84. The summed E-state index contributed by atoms with van der Waals surface area (Å²) >= 11 is 0. The molecule has 0 amide bonds. The molecule has 0 unspecified atom stereocenters. The van der Waals surface area contributed by atoms with Crippen molar-refractivity contribution < 1.29 is 27.4 Å². The molecule has 0 aliphatic carbocycles. The Morgan fingerprint density at radius 2 is 2.00 bits per heavy atom. The predicted octanol–water partition coefficient (Wildman–Crippen LogP) is 2.39. The molecule has 100 valence electrons. The fourth-order valence-electron chi connectivity index (χ4n) is 1.22. The Kier molecular flexibility index (Phi) is 4.41. The lowest BCUT2D eigenvalue weighted by Crippen LogP contribution is -2.20. The van der Waals surface area contributed by atoms with Gasteiger partial charge in [0.15, 0.2) is 6.61 Å². The van der Waals surface area contributed by atoms with E-state index in [1.807, 2.05) is 0 Å². The monoisotopic (exact) mass is 263 g/mol. The maximum absolute atomic E-state index is 11.9. The minimum atomic E-state index is -4.56. The van der Waals surface area contributed by atoms with Crippen LogP contribution in [-0.2, 0) is 4.74 Å². The van der Waals surface area contributed by atoms with Gasteiger partial charge < -0.3 is 15.2 Å². The molecule has 0 atom stereocenters. The lowest BCUT2D eigenvalue weighted by Gasteiger charge is -2.10. The fourth-order valence-corrected chi connectivity index (χ4v) is 1.22. The van der Waals surface area contributed by atoms with E-state index < -0.39 is 18.8 Å². The van der Waals surface area contributed by atoms with Crippen LogP contribution in [0.1, 0.15) is 17.3 Å². The number of benzene rings is 1. The van der Waals surface area contributed by atoms with E-state index in [1.165, 1.54) is 18.2 Å². The average molecular weight is 263 g/mol. The molecule has 0 aromatic heterocycles. The summed E-state index contributed by atoms with van der Waals surface area (Å²) in [4.78, 5) is 11.4. The number of hydrogen-bond acceptors (Lipinski definition) is 4. The Labute approximate surface area is 101 Å². The molecule has 18 heavy (non-hydrogen) atoms. The third kappa shape index (κ3) is 4.52. The van der Waals surface area contributed by atoms with Crippen LogP contribution in [0.5, 0.6) is 5.75 Å². The first-order chi connectivity index (χ1) is 8.31. The van der Waals surface area contributed by atoms with Crippen molar-refractivity contribution in [1.82, 2.24) is 0 Å². The second-order valence-corrected chi connectivity index (χ2v) is 3.42. The Bertz CT molecular complexity index is 432. The van der Waals surface area contributed by atoms with Gasteiger partial charge in [-0.25, -0.2) is 4.79 Å². The van der Waals surface area contributed by atoms with Crippen LogP contribution in [0, 0.1) is 0 Å². The van der Waals surface area contributed by atoms with Crippen molar-refractivity contribution in [3.05, 3.63) is 23.8 Å². The summed E-state index contributed by atoms with van der Waals surface area (Å²) in [6.45, 7) is 0.440. The van der Waals surface area contributed by atoms with Gasteiger partial charge >= 0.3 is 12.1 Å². The number of esters is 1. The maximum Gasteiger partial charge on any atom is 0.422 e. The number of hydrogen-bond donors (Lipinski definition) is 1. The van der Waals surface area contributed by atoms with Crippen molar-refractivity contribution in [2.75, 3.05) is 18.9 Å². The number of nitrogens with two attached hydrogens (primary N) is 1. The molecule has 0 fully saturated rings. The van der Waals surface area contributed by atoms with E-state index in [1.54, 1.807) is 6.92 Å². The highest BCUT2D eigenvalue weighted by Gasteiger charge is 2.29. The Balaban J connectivity index is 2.79. The van der Waals surface area contributed by atoms with Crippen molar-refractivity contribution in [2.45, 2.75) is 13.1 Å². The number of rotatable bonds is 4. The molecule has 0 radical (unpaired) electrons. The van der Waals surface area contributed by atoms with Crippen LogP contribution in [0.15, 0.2) is 18.2 Å². The number of halogens is 3. The quantitative estimate of drug-likeness (QED) is 0.669. The molecule has 0 aliphatic heterocycles. The van der Waals surface area contributed by atoms with E-state index in [0.29, 0.717) is 12.4 Å². The van der Waals surface area contributed by atoms with Gasteiger partial charge in [0.1, 0.15) is 5.75 Å². The number of carbonyl (C=O) groups excluding carboxylic acids is 1. The van der Waals surface area contributed by atoms with E-state index in [0.717, 1.165) is 0 Å². The summed E-state index contributed by atoms with van der Waals surface area (Å²) in [5, 5.41) is 0. The standard InChI is InChI=1S/C11H12F3NO3/c1-2-17-9-4-7(3-8(15)5-9)10(16)18-6-11(12,13)14/h3-5H,2,6,15H2,1H3. The number of alkyl halides is 3. The van der Waals surface area contributed by atoms with Gasteiger partial charge in [-0.1, -0.05) is 0 Å². The second kappa shape index (κ2) is 5.61. The van der Waals surface area contributed by atoms with Gasteiger partial charge in [-0.2, -0.15) is 13.2 Å². The van der Waals surface area contributed by atoms with Gasteiger partial charge in [0, 0.05) is 11.8 Å². The smallest absolute Gasteiger partial charge is 0.422 e. The second-order valence-electron chi connectivity index (χ2n) is 3.42. The first-order valence-corrected chi connectivity index (χ1v) is 5.09. The largest absolute Gasteiger partial charge is 0.494 e. The molecule has 2 N–H and O–H groups in total. The minimum Gasteiger partial charge on any atom is -0.494 e. The topological polar surface area (TPSA) is 61.5 Å². The molecule has 1 aromatic rings.